The number of unbranched alkanes of at least 4 members (excludes halogenated alkanes) is 4. The lowest BCUT2D eigenvalue weighted by Gasteiger charge is -2.06. The second-order valence-corrected chi connectivity index (χ2v) is 3.69. The largest absolute Gasteiger partial charge is 0.393 e. The van der Waals surface area contributed by atoms with Crippen LogP contribution in [-0.4, -0.2) is 17.1 Å². The van der Waals surface area contributed by atoms with Crippen LogP contribution in [0.4, 0.5) is 0 Å². The van der Waals surface area contributed by atoms with Crippen molar-refractivity contribution >= 4 is 11.6 Å². The predicted molar refractivity (Wildman–Crippen MR) is 54.7 cm³/mol. The van der Waals surface area contributed by atoms with Gasteiger partial charge in [0, 0.05) is 5.88 Å². The molecular weight excluding hydrogens is 172 g/mol. The fourth-order valence-corrected chi connectivity index (χ4v) is 1.40. The quantitative estimate of drug-likeness (QED) is 0.462. The van der Waals surface area contributed by atoms with E-state index in [1.54, 1.807) is 0 Å². The van der Waals surface area contributed by atoms with Crippen LogP contribution in [0.25, 0.3) is 0 Å². The Morgan fingerprint density at radius 2 is 1.67 bits per heavy atom. The van der Waals surface area contributed by atoms with Crippen LogP contribution in [0, 0.1) is 0 Å². The fourth-order valence-electron chi connectivity index (χ4n) is 1.21. The van der Waals surface area contributed by atoms with Crippen LogP contribution in [0.5, 0.6) is 0 Å². The molecule has 0 radical (unpaired) electrons. The van der Waals surface area contributed by atoms with E-state index in [4.69, 9.17) is 11.6 Å². The summed E-state index contributed by atoms with van der Waals surface area (Å²) < 4.78 is 0. The molecule has 0 rings (SSSR count). The van der Waals surface area contributed by atoms with Gasteiger partial charge in [-0.3, -0.25) is 0 Å². The second-order valence-electron chi connectivity index (χ2n) is 3.31. The molecule has 0 aliphatic carbocycles. The summed E-state index contributed by atoms with van der Waals surface area (Å²) in [6, 6.07) is 0. The van der Waals surface area contributed by atoms with Crippen LogP contribution in [0.2, 0.25) is 0 Å². The van der Waals surface area contributed by atoms with Crippen molar-refractivity contribution in [2.45, 2.75) is 58.0 Å². The van der Waals surface area contributed by atoms with E-state index in [1.807, 2.05) is 6.92 Å². The molecule has 0 fully saturated rings. The predicted octanol–water partition coefficient (Wildman–Crippen LogP) is 3.34. The van der Waals surface area contributed by atoms with Crippen LogP contribution >= 0.6 is 11.6 Å². The summed E-state index contributed by atoms with van der Waals surface area (Å²) in [6.07, 6.45) is 7.84. The van der Waals surface area contributed by atoms with E-state index in [9.17, 15) is 5.11 Å². The summed E-state index contributed by atoms with van der Waals surface area (Å²) in [5.41, 5.74) is 0. The van der Waals surface area contributed by atoms with Crippen LogP contribution < -0.4 is 0 Å². The summed E-state index contributed by atoms with van der Waals surface area (Å²) in [5, 5.41) is 9.24. The van der Waals surface area contributed by atoms with E-state index < -0.39 is 0 Å². The highest BCUT2D eigenvalue weighted by molar-refractivity contribution is 6.17. The average molecular weight is 193 g/mol. The number of halogens is 1. The zero-order valence-electron chi connectivity index (χ0n) is 8.06. The molecule has 0 aromatic heterocycles. The van der Waals surface area contributed by atoms with E-state index in [2.05, 4.69) is 0 Å². The topological polar surface area (TPSA) is 20.2 Å². The van der Waals surface area contributed by atoms with Gasteiger partial charge in [-0.05, 0) is 19.3 Å². The standard InChI is InChI=1S/C10H21ClO/c1-2-10(12)8-6-4-3-5-7-9-11/h10,12H,2-9H2,1H3. The minimum atomic E-state index is -0.0713. The summed E-state index contributed by atoms with van der Waals surface area (Å²) in [6.45, 7) is 2.03. The maximum absolute atomic E-state index is 9.24. The first-order valence-electron chi connectivity index (χ1n) is 5.05. The zero-order chi connectivity index (χ0) is 9.23. The maximum atomic E-state index is 9.24. The summed E-state index contributed by atoms with van der Waals surface area (Å²) in [5.74, 6) is 0.789. The van der Waals surface area contributed by atoms with Crippen LogP contribution in [-0.2, 0) is 0 Å². The van der Waals surface area contributed by atoms with E-state index in [0.29, 0.717) is 0 Å². The van der Waals surface area contributed by atoms with Crippen LogP contribution in [0.15, 0.2) is 0 Å². The number of rotatable bonds is 8. The maximum Gasteiger partial charge on any atom is 0.0537 e. The Morgan fingerprint density at radius 3 is 2.25 bits per heavy atom. The van der Waals surface area contributed by atoms with Crippen molar-refractivity contribution in [3.05, 3.63) is 0 Å². The van der Waals surface area contributed by atoms with Crippen molar-refractivity contribution in [2.75, 3.05) is 5.88 Å². The molecule has 0 aliphatic rings. The van der Waals surface area contributed by atoms with Crippen molar-refractivity contribution in [3.63, 3.8) is 0 Å². The molecule has 0 aromatic carbocycles. The molecule has 0 amide bonds. The first-order chi connectivity index (χ1) is 5.81. The van der Waals surface area contributed by atoms with Gasteiger partial charge in [-0.25, -0.2) is 0 Å². The third-order valence-electron chi connectivity index (χ3n) is 2.14. The van der Waals surface area contributed by atoms with Crippen molar-refractivity contribution < 1.29 is 5.11 Å². The van der Waals surface area contributed by atoms with Gasteiger partial charge in [-0.2, -0.15) is 0 Å². The molecule has 1 atom stereocenters. The lowest BCUT2D eigenvalue weighted by molar-refractivity contribution is 0.156. The van der Waals surface area contributed by atoms with Crippen molar-refractivity contribution in [1.29, 1.82) is 0 Å². The Bertz CT molecular complexity index is 85.9. The van der Waals surface area contributed by atoms with E-state index >= 15 is 0 Å². The lowest BCUT2D eigenvalue weighted by Crippen LogP contribution is -2.03. The molecule has 1 nitrogen and oxygen atoms in total. The Morgan fingerprint density at radius 1 is 1.08 bits per heavy atom. The zero-order valence-corrected chi connectivity index (χ0v) is 8.82. The highest BCUT2D eigenvalue weighted by atomic mass is 35.5. The normalized spacial score (nSPS) is 13.2. The number of aliphatic hydroxyl groups excluding tert-OH is 1. The third-order valence-corrected chi connectivity index (χ3v) is 2.41. The first kappa shape index (κ1) is 12.2. The average Bonchev–Trinajstić information content (AvgIpc) is 2.10. The molecule has 0 aliphatic heterocycles. The minimum absolute atomic E-state index is 0.0713. The molecule has 0 bridgehead atoms. The Hall–Kier alpha value is 0.250. The smallest absolute Gasteiger partial charge is 0.0537 e. The van der Waals surface area contributed by atoms with Gasteiger partial charge in [0.05, 0.1) is 6.10 Å². The molecule has 0 aromatic rings. The highest BCUT2D eigenvalue weighted by Gasteiger charge is 1.98. The number of hydrogen-bond donors (Lipinski definition) is 1. The molecule has 2 heteroatoms. The molecular formula is C10H21ClO. The SMILES string of the molecule is CCC(O)CCCCCCCCl. The van der Waals surface area contributed by atoms with Crippen molar-refractivity contribution in [1.82, 2.24) is 0 Å². The summed E-state index contributed by atoms with van der Waals surface area (Å²) in [4.78, 5) is 0. The van der Waals surface area contributed by atoms with Crippen LogP contribution in [0.1, 0.15) is 51.9 Å². The van der Waals surface area contributed by atoms with Gasteiger partial charge >= 0.3 is 0 Å². The van der Waals surface area contributed by atoms with E-state index in [0.717, 1.165) is 31.6 Å². The molecule has 12 heavy (non-hydrogen) atoms. The van der Waals surface area contributed by atoms with Gasteiger partial charge in [0.1, 0.15) is 0 Å². The first-order valence-corrected chi connectivity index (χ1v) is 5.58. The molecule has 0 heterocycles. The van der Waals surface area contributed by atoms with Crippen LogP contribution in [0.3, 0.4) is 0 Å². The lowest BCUT2D eigenvalue weighted by atomic mass is 10.1. The number of alkyl halides is 1. The molecule has 0 spiro atoms. The van der Waals surface area contributed by atoms with E-state index in [1.165, 1.54) is 19.3 Å². The fraction of sp³-hybridized carbons (Fsp3) is 1.00. The highest BCUT2D eigenvalue weighted by Crippen LogP contribution is 2.09. The van der Waals surface area contributed by atoms with Gasteiger partial charge in [0.15, 0.2) is 0 Å². The Kier molecular flexibility index (Phi) is 9.53. The summed E-state index contributed by atoms with van der Waals surface area (Å²) >= 11 is 5.55. The summed E-state index contributed by atoms with van der Waals surface area (Å²) in [7, 11) is 0. The van der Waals surface area contributed by atoms with Gasteiger partial charge in [0.25, 0.3) is 0 Å². The van der Waals surface area contributed by atoms with Gasteiger partial charge < -0.3 is 5.11 Å². The minimum Gasteiger partial charge on any atom is -0.393 e. The second kappa shape index (κ2) is 9.34. The van der Waals surface area contributed by atoms with E-state index in [-0.39, 0.29) is 6.10 Å². The van der Waals surface area contributed by atoms with Gasteiger partial charge in [-0.1, -0.05) is 32.6 Å². The Labute approximate surface area is 81.1 Å². The monoisotopic (exact) mass is 192 g/mol. The van der Waals surface area contributed by atoms with Crippen molar-refractivity contribution in [3.8, 4) is 0 Å². The molecule has 1 N–H and O–H groups in total. The molecule has 0 saturated carbocycles. The van der Waals surface area contributed by atoms with Gasteiger partial charge in [-0.15, -0.1) is 11.6 Å². The Balaban J connectivity index is 2.90. The molecule has 74 valence electrons. The molecule has 0 saturated heterocycles. The third kappa shape index (κ3) is 8.35. The number of hydrogen-bond acceptors (Lipinski definition) is 1. The van der Waals surface area contributed by atoms with Gasteiger partial charge in [0.2, 0.25) is 0 Å². The van der Waals surface area contributed by atoms with Crippen molar-refractivity contribution in [2.24, 2.45) is 0 Å². The molecule has 1 unspecified atom stereocenters. The number of aliphatic hydroxyl groups is 1.